The SMILES string of the molecule is COC(=O)/C=C/C(=O)N(O)CCCCCCc1ccc(COC(=O)NCc2ccccc2)cc1. The summed E-state index contributed by atoms with van der Waals surface area (Å²) in [6.07, 6.45) is 5.91. The Balaban J connectivity index is 1.56. The molecule has 182 valence electrons. The molecule has 8 nitrogen and oxygen atoms in total. The first-order chi connectivity index (χ1) is 16.5. The number of rotatable bonds is 13. The zero-order valence-electron chi connectivity index (χ0n) is 19.4. The minimum Gasteiger partial charge on any atom is -0.466 e. The molecule has 0 spiro atoms. The van der Waals surface area contributed by atoms with Gasteiger partial charge in [-0.05, 0) is 36.0 Å². The molecule has 0 radical (unpaired) electrons. The van der Waals surface area contributed by atoms with Crippen molar-refractivity contribution in [2.45, 2.75) is 45.3 Å². The summed E-state index contributed by atoms with van der Waals surface area (Å²) in [6.45, 7) is 0.849. The second-order valence-corrected chi connectivity index (χ2v) is 7.71. The Labute approximate surface area is 200 Å². The first-order valence-corrected chi connectivity index (χ1v) is 11.3. The molecule has 0 atom stereocenters. The van der Waals surface area contributed by atoms with Crippen molar-refractivity contribution < 1.29 is 29.1 Å². The molecule has 0 aliphatic heterocycles. The molecule has 0 unspecified atom stereocenters. The summed E-state index contributed by atoms with van der Waals surface area (Å²) in [4.78, 5) is 34.4. The van der Waals surface area contributed by atoms with Crippen LogP contribution in [0.25, 0.3) is 0 Å². The van der Waals surface area contributed by atoms with Crippen LogP contribution in [-0.2, 0) is 38.6 Å². The van der Waals surface area contributed by atoms with Gasteiger partial charge in [-0.25, -0.2) is 14.7 Å². The molecule has 2 aromatic rings. The molecule has 0 bridgehead atoms. The largest absolute Gasteiger partial charge is 0.466 e. The number of aryl methyl sites for hydroxylation is 1. The lowest BCUT2D eigenvalue weighted by Gasteiger charge is -2.12. The van der Waals surface area contributed by atoms with Gasteiger partial charge >= 0.3 is 12.1 Å². The Morgan fingerprint density at radius 3 is 2.26 bits per heavy atom. The second-order valence-electron chi connectivity index (χ2n) is 7.71. The second kappa shape index (κ2) is 15.2. The van der Waals surface area contributed by atoms with E-state index in [1.54, 1.807) is 0 Å². The third-order valence-electron chi connectivity index (χ3n) is 5.08. The predicted molar refractivity (Wildman–Crippen MR) is 127 cm³/mol. The van der Waals surface area contributed by atoms with Crippen LogP contribution in [0.1, 0.15) is 42.4 Å². The van der Waals surface area contributed by atoms with E-state index < -0.39 is 18.0 Å². The molecule has 0 fully saturated rings. The van der Waals surface area contributed by atoms with Crippen molar-refractivity contribution in [2.75, 3.05) is 13.7 Å². The van der Waals surface area contributed by atoms with Crippen LogP contribution in [0.4, 0.5) is 4.79 Å². The van der Waals surface area contributed by atoms with Gasteiger partial charge in [0.1, 0.15) is 6.61 Å². The summed E-state index contributed by atoms with van der Waals surface area (Å²) >= 11 is 0. The highest BCUT2D eigenvalue weighted by Gasteiger charge is 2.07. The minimum absolute atomic E-state index is 0.206. The van der Waals surface area contributed by atoms with Crippen LogP contribution in [-0.4, -0.2) is 41.9 Å². The maximum Gasteiger partial charge on any atom is 0.407 e. The van der Waals surface area contributed by atoms with Gasteiger partial charge in [-0.2, -0.15) is 0 Å². The fourth-order valence-electron chi connectivity index (χ4n) is 3.12. The Hall–Kier alpha value is -3.65. The number of nitrogens with one attached hydrogen (secondary N) is 1. The molecule has 2 rings (SSSR count). The van der Waals surface area contributed by atoms with Gasteiger partial charge in [0.2, 0.25) is 0 Å². The average Bonchev–Trinajstić information content (AvgIpc) is 2.87. The number of ether oxygens (including phenoxy) is 2. The van der Waals surface area contributed by atoms with E-state index in [-0.39, 0.29) is 13.2 Å². The Bertz CT molecular complexity index is 928. The number of benzene rings is 2. The highest BCUT2D eigenvalue weighted by Crippen LogP contribution is 2.11. The molecule has 8 heteroatoms. The molecule has 0 aliphatic carbocycles. The van der Waals surface area contributed by atoms with Crippen LogP contribution in [0, 0.1) is 0 Å². The number of methoxy groups -OCH3 is 1. The number of esters is 1. The molecule has 0 heterocycles. The fraction of sp³-hybridized carbons (Fsp3) is 0.346. The van der Waals surface area contributed by atoms with Gasteiger partial charge in [0.15, 0.2) is 0 Å². The summed E-state index contributed by atoms with van der Waals surface area (Å²) in [5.74, 6) is -1.30. The van der Waals surface area contributed by atoms with Crippen molar-refractivity contribution in [3.63, 3.8) is 0 Å². The number of alkyl carbamates (subject to hydrolysis) is 1. The van der Waals surface area contributed by atoms with Crippen molar-refractivity contribution in [3.8, 4) is 0 Å². The van der Waals surface area contributed by atoms with Gasteiger partial charge in [-0.3, -0.25) is 10.0 Å². The quantitative estimate of drug-likeness (QED) is 0.150. The molecule has 2 amide bonds. The lowest BCUT2D eigenvalue weighted by molar-refractivity contribution is -0.159. The van der Waals surface area contributed by atoms with E-state index in [0.717, 1.165) is 49.0 Å². The molecule has 0 aromatic heterocycles. The first-order valence-electron chi connectivity index (χ1n) is 11.3. The molecule has 2 N–H and O–H groups in total. The van der Waals surface area contributed by atoms with Crippen molar-refractivity contribution in [2.24, 2.45) is 0 Å². The van der Waals surface area contributed by atoms with E-state index in [0.29, 0.717) is 18.0 Å². The number of unbranched alkanes of at least 4 members (excludes halogenated alkanes) is 3. The third kappa shape index (κ3) is 10.8. The van der Waals surface area contributed by atoms with Crippen LogP contribution in [0.5, 0.6) is 0 Å². The monoisotopic (exact) mass is 468 g/mol. The highest BCUT2D eigenvalue weighted by molar-refractivity contribution is 5.93. The smallest absolute Gasteiger partial charge is 0.407 e. The lowest BCUT2D eigenvalue weighted by atomic mass is 10.0. The van der Waals surface area contributed by atoms with Crippen LogP contribution < -0.4 is 5.32 Å². The van der Waals surface area contributed by atoms with Gasteiger partial charge < -0.3 is 14.8 Å². The molecule has 0 aliphatic rings. The standard InChI is InChI=1S/C26H32N2O6/c1-33-25(30)17-16-24(29)28(32)18-8-3-2-5-9-21-12-14-23(15-13-21)20-34-26(31)27-19-22-10-6-4-7-11-22/h4,6-7,10-17,32H,2-3,5,8-9,18-20H2,1H3,(H,27,31)/b17-16+. The summed E-state index contributed by atoms with van der Waals surface area (Å²) < 4.78 is 9.65. The molecule has 34 heavy (non-hydrogen) atoms. The summed E-state index contributed by atoms with van der Waals surface area (Å²) in [6, 6.07) is 17.6. The van der Waals surface area contributed by atoms with Crippen LogP contribution in [0.3, 0.4) is 0 Å². The van der Waals surface area contributed by atoms with Gasteiger partial charge in [0, 0.05) is 25.2 Å². The van der Waals surface area contributed by atoms with Crippen molar-refractivity contribution in [1.82, 2.24) is 10.4 Å². The fourth-order valence-corrected chi connectivity index (χ4v) is 3.12. The Morgan fingerprint density at radius 1 is 0.882 bits per heavy atom. The van der Waals surface area contributed by atoms with E-state index >= 15 is 0 Å². The van der Waals surface area contributed by atoms with E-state index in [9.17, 15) is 19.6 Å². The van der Waals surface area contributed by atoms with Crippen molar-refractivity contribution >= 4 is 18.0 Å². The summed E-state index contributed by atoms with van der Waals surface area (Å²) in [5.41, 5.74) is 3.13. The van der Waals surface area contributed by atoms with E-state index in [4.69, 9.17) is 4.74 Å². The number of carbonyl (C=O) groups excluding carboxylic acids is 3. The topological polar surface area (TPSA) is 105 Å². The number of hydrogen-bond donors (Lipinski definition) is 2. The van der Waals surface area contributed by atoms with Crippen LogP contribution in [0.15, 0.2) is 66.7 Å². The normalized spacial score (nSPS) is 10.6. The van der Waals surface area contributed by atoms with E-state index in [1.165, 1.54) is 12.7 Å². The van der Waals surface area contributed by atoms with Gasteiger partial charge in [0.25, 0.3) is 5.91 Å². The Morgan fingerprint density at radius 2 is 1.56 bits per heavy atom. The third-order valence-corrected chi connectivity index (χ3v) is 5.08. The zero-order chi connectivity index (χ0) is 24.6. The molecular formula is C26H32N2O6. The van der Waals surface area contributed by atoms with Crippen LogP contribution >= 0.6 is 0 Å². The molecule has 2 aromatic carbocycles. The maximum atomic E-state index is 11.8. The van der Waals surface area contributed by atoms with Gasteiger partial charge in [-0.15, -0.1) is 0 Å². The summed E-state index contributed by atoms with van der Waals surface area (Å²) in [5, 5.41) is 13.0. The minimum atomic E-state index is -0.650. The number of carbonyl (C=O) groups is 3. The van der Waals surface area contributed by atoms with Crippen molar-refractivity contribution in [1.29, 1.82) is 0 Å². The van der Waals surface area contributed by atoms with E-state index in [2.05, 4.69) is 10.1 Å². The molecule has 0 saturated carbocycles. The Kier molecular flexibility index (Phi) is 11.9. The summed E-state index contributed by atoms with van der Waals surface area (Å²) in [7, 11) is 1.21. The van der Waals surface area contributed by atoms with Crippen molar-refractivity contribution in [3.05, 3.63) is 83.4 Å². The zero-order valence-corrected chi connectivity index (χ0v) is 19.4. The molecule has 0 saturated heterocycles. The first kappa shape index (κ1) is 26.6. The predicted octanol–water partition coefficient (Wildman–Crippen LogP) is 4.16. The van der Waals surface area contributed by atoms with E-state index in [1.807, 2.05) is 54.6 Å². The molecular weight excluding hydrogens is 436 g/mol. The van der Waals surface area contributed by atoms with Gasteiger partial charge in [0.05, 0.1) is 7.11 Å². The number of hydrogen-bond acceptors (Lipinski definition) is 6. The van der Waals surface area contributed by atoms with Gasteiger partial charge in [-0.1, -0.05) is 67.4 Å². The highest BCUT2D eigenvalue weighted by atomic mass is 16.5. The number of hydroxylamine groups is 2. The number of amides is 2. The average molecular weight is 469 g/mol. The number of nitrogens with zero attached hydrogens (tertiary/aromatic N) is 1. The van der Waals surface area contributed by atoms with Crippen LogP contribution in [0.2, 0.25) is 0 Å². The maximum absolute atomic E-state index is 11.8. The lowest BCUT2D eigenvalue weighted by Crippen LogP contribution is -2.26.